The fourth-order valence-corrected chi connectivity index (χ4v) is 3.12. The number of fused-ring (bicyclic) bond motifs is 1. The van der Waals surface area contributed by atoms with Gasteiger partial charge in [-0.15, -0.1) is 0 Å². The first-order valence-corrected chi connectivity index (χ1v) is 7.54. The normalized spacial score (nSPS) is 16.8. The molecule has 1 atom stereocenters. The highest BCUT2D eigenvalue weighted by molar-refractivity contribution is 6.68. The van der Waals surface area contributed by atoms with Gasteiger partial charge in [0.05, 0.1) is 10.6 Å². The van der Waals surface area contributed by atoms with Crippen molar-refractivity contribution < 1.29 is 9.18 Å². The summed E-state index contributed by atoms with van der Waals surface area (Å²) in [5.74, 6) is 1.22. The Morgan fingerprint density at radius 1 is 1.61 bits per heavy atom. The minimum atomic E-state index is -0.618. The molecule has 8 heteroatoms. The maximum atomic E-state index is 13.4. The van der Waals surface area contributed by atoms with Crippen molar-refractivity contribution in [3.8, 4) is 17.2 Å². The van der Waals surface area contributed by atoms with E-state index >= 15 is 0 Å². The van der Waals surface area contributed by atoms with Crippen LogP contribution in [0, 0.1) is 17.0 Å². The van der Waals surface area contributed by atoms with Gasteiger partial charge in [-0.05, 0) is 30.3 Å². The van der Waals surface area contributed by atoms with Gasteiger partial charge >= 0.3 is 0 Å². The molecule has 2 heterocycles. The molecule has 2 aromatic rings. The fourth-order valence-electron chi connectivity index (χ4n) is 2.94. The van der Waals surface area contributed by atoms with Crippen LogP contribution in [0.4, 0.5) is 4.39 Å². The van der Waals surface area contributed by atoms with E-state index in [2.05, 4.69) is 11.1 Å². The molecule has 3 rings (SSSR count). The Balaban J connectivity index is 2.18. The van der Waals surface area contributed by atoms with Gasteiger partial charge in [-0.2, -0.15) is 5.10 Å². The zero-order valence-electron chi connectivity index (χ0n) is 12.4. The Morgan fingerprint density at radius 2 is 2.35 bits per heavy atom. The number of nitrogens with zero attached hydrogens (tertiary/aromatic N) is 3. The number of aromatic nitrogens is 2. The van der Waals surface area contributed by atoms with E-state index in [4.69, 9.17) is 17.3 Å². The Kier molecular flexibility index (Phi) is 3.86. The number of halogens is 2. The zero-order chi connectivity index (χ0) is 16.7. The third-order valence-corrected chi connectivity index (χ3v) is 4.51. The predicted molar refractivity (Wildman–Crippen MR) is 85.6 cm³/mol. The van der Waals surface area contributed by atoms with Gasteiger partial charge in [0.1, 0.15) is 11.5 Å². The van der Waals surface area contributed by atoms with Crippen molar-refractivity contribution in [3.63, 3.8) is 0 Å². The molecule has 0 bridgehead atoms. The molecule has 1 aliphatic heterocycles. The van der Waals surface area contributed by atoms with E-state index in [-0.39, 0.29) is 23.1 Å². The van der Waals surface area contributed by atoms with Crippen LogP contribution < -0.4 is 5.73 Å². The number of hydrogen-bond acceptors (Lipinski definition) is 3. The van der Waals surface area contributed by atoms with E-state index in [1.54, 1.807) is 4.68 Å². The second kappa shape index (κ2) is 5.71. The van der Waals surface area contributed by atoms with Crippen molar-refractivity contribution in [2.45, 2.75) is 25.6 Å². The highest BCUT2D eigenvalue weighted by Gasteiger charge is 2.35. The van der Waals surface area contributed by atoms with Crippen molar-refractivity contribution in [2.75, 3.05) is 0 Å². The first-order chi connectivity index (χ1) is 10.9. The van der Waals surface area contributed by atoms with Gasteiger partial charge in [0, 0.05) is 23.8 Å². The lowest BCUT2D eigenvalue weighted by Gasteiger charge is -2.22. The standard InChI is InChI=1S/C15H13BClFN4O/c1-8-6-22-12(5-16(8)7-19)13(15(20)23)14(21-22)9-2-3-11(18)10(17)4-9/h2-4,8H,5-6H2,1H3,(H2,20,23). The first-order valence-electron chi connectivity index (χ1n) is 7.17. The van der Waals surface area contributed by atoms with E-state index in [9.17, 15) is 14.4 Å². The second-order valence-corrected chi connectivity index (χ2v) is 6.17. The van der Waals surface area contributed by atoms with Crippen LogP contribution in [0.2, 0.25) is 10.8 Å². The lowest BCUT2D eigenvalue weighted by molar-refractivity contribution is 0.1000. The van der Waals surface area contributed by atoms with Gasteiger partial charge in [0.2, 0.25) is 0 Å². The van der Waals surface area contributed by atoms with Gasteiger partial charge < -0.3 is 5.73 Å². The number of hydrogen-bond donors (Lipinski definition) is 1. The molecule has 0 saturated heterocycles. The molecular formula is C15H13BClFN4O. The van der Waals surface area contributed by atoms with E-state index in [0.29, 0.717) is 29.8 Å². The van der Waals surface area contributed by atoms with Gasteiger partial charge in [-0.25, -0.2) is 9.65 Å². The number of carbonyl (C=O) groups excluding carboxylic acids is 1. The summed E-state index contributed by atoms with van der Waals surface area (Å²) in [6.45, 7) is 2.31. The lowest BCUT2D eigenvalue weighted by Crippen LogP contribution is -2.33. The summed E-state index contributed by atoms with van der Waals surface area (Å²) >= 11 is 5.82. The Labute approximate surface area is 137 Å². The number of primary amides is 1. The molecule has 5 nitrogen and oxygen atoms in total. The summed E-state index contributed by atoms with van der Waals surface area (Å²) < 4.78 is 15.1. The van der Waals surface area contributed by atoms with Crippen LogP contribution >= 0.6 is 11.6 Å². The summed E-state index contributed by atoms with van der Waals surface area (Å²) in [4.78, 5) is 11.9. The number of nitriles is 1. The van der Waals surface area contributed by atoms with Crippen LogP contribution in [-0.4, -0.2) is 22.4 Å². The average molecular weight is 331 g/mol. The van der Waals surface area contributed by atoms with E-state index in [1.165, 1.54) is 18.2 Å². The number of nitrogens with two attached hydrogens (primary N) is 1. The summed E-state index contributed by atoms with van der Waals surface area (Å²) in [6.07, 6.45) is 0.415. The molecule has 0 spiro atoms. The summed E-state index contributed by atoms with van der Waals surface area (Å²) in [6, 6.07) is 4.15. The Hall–Kier alpha value is -2.33. The maximum Gasteiger partial charge on any atom is 0.278 e. The first kappa shape index (κ1) is 15.6. The van der Waals surface area contributed by atoms with E-state index in [1.807, 2.05) is 6.92 Å². The molecular weight excluding hydrogens is 317 g/mol. The monoisotopic (exact) mass is 330 g/mol. The van der Waals surface area contributed by atoms with Crippen LogP contribution in [0.1, 0.15) is 23.0 Å². The number of carbonyl (C=O) groups is 1. The molecule has 0 aliphatic carbocycles. The minimum Gasteiger partial charge on any atom is -0.365 e. The number of benzene rings is 1. The molecule has 0 fully saturated rings. The van der Waals surface area contributed by atoms with Crippen LogP contribution in [0.25, 0.3) is 11.3 Å². The SMILES string of the molecule is CC1Cn2nc(-c3ccc(F)c(Cl)c3)c(C(N)=O)c2CB1C#N. The summed E-state index contributed by atoms with van der Waals surface area (Å²) in [5.41, 5.74) is 7.35. The third-order valence-electron chi connectivity index (χ3n) is 4.22. The Bertz CT molecular complexity index is 845. The van der Waals surface area contributed by atoms with Gasteiger partial charge in [0.15, 0.2) is 0 Å². The minimum absolute atomic E-state index is 0.0489. The van der Waals surface area contributed by atoms with Crippen LogP contribution in [0.3, 0.4) is 0 Å². The van der Waals surface area contributed by atoms with Crippen molar-refractivity contribution >= 4 is 24.2 Å². The van der Waals surface area contributed by atoms with Crippen molar-refractivity contribution in [1.29, 1.82) is 5.26 Å². The molecule has 1 aromatic carbocycles. The molecule has 2 N–H and O–H groups in total. The van der Waals surface area contributed by atoms with Crippen molar-refractivity contribution in [3.05, 3.63) is 40.3 Å². The second-order valence-electron chi connectivity index (χ2n) is 5.76. The predicted octanol–water partition coefficient (Wildman–Crippen LogP) is 2.48. The van der Waals surface area contributed by atoms with Crippen LogP contribution in [0.15, 0.2) is 18.2 Å². The summed E-state index contributed by atoms with van der Waals surface area (Å²) in [5, 5.41) is 13.7. The van der Waals surface area contributed by atoms with Crippen LogP contribution in [-0.2, 0) is 12.9 Å². The van der Waals surface area contributed by atoms with Gasteiger partial charge in [-0.3, -0.25) is 9.48 Å². The third kappa shape index (κ3) is 2.59. The zero-order valence-corrected chi connectivity index (χ0v) is 13.1. The van der Waals surface area contributed by atoms with Gasteiger partial charge in [-0.1, -0.05) is 18.5 Å². The molecule has 116 valence electrons. The van der Waals surface area contributed by atoms with E-state index < -0.39 is 11.7 Å². The molecule has 1 aliphatic rings. The molecule has 0 saturated carbocycles. The highest BCUT2D eigenvalue weighted by Crippen LogP contribution is 2.33. The molecule has 23 heavy (non-hydrogen) atoms. The molecule has 1 aromatic heterocycles. The lowest BCUT2D eigenvalue weighted by atomic mass is 9.39. The topological polar surface area (TPSA) is 84.7 Å². The van der Waals surface area contributed by atoms with Gasteiger partial charge in [0.25, 0.3) is 12.6 Å². The maximum absolute atomic E-state index is 13.4. The van der Waals surface area contributed by atoms with Crippen LogP contribution in [0.5, 0.6) is 0 Å². The van der Waals surface area contributed by atoms with E-state index in [0.717, 1.165) is 0 Å². The number of amides is 1. The van der Waals surface area contributed by atoms with Crippen molar-refractivity contribution in [2.24, 2.45) is 5.73 Å². The smallest absolute Gasteiger partial charge is 0.278 e. The largest absolute Gasteiger partial charge is 0.365 e. The number of rotatable bonds is 2. The molecule has 1 amide bonds. The summed E-state index contributed by atoms with van der Waals surface area (Å²) in [7, 11) is 0. The van der Waals surface area contributed by atoms with Crippen molar-refractivity contribution in [1.82, 2.24) is 9.78 Å². The highest BCUT2D eigenvalue weighted by atomic mass is 35.5. The average Bonchev–Trinajstić information content (AvgIpc) is 2.87. The molecule has 1 unspecified atom stereocenters. The quantitative estimate of drug-likeness (QED) is 0.858. The molecule has 0 radical (unpaired) electrons. The fraction of sp³-hybridized carbons (Fsp3) is 0.267. The Morgan fingerprint density at radius 3 is 2.96 bits per heavy atom.